The van der Waals surface area contributed by atoms with Gasteiger partial charge in [-0.05, 0) is 63.3 Å². The smallest absolute Gasteiger partial charge is 0.119 e. The molecule has 0 radical (unpaired) electrons. The molecule has 0 heterocycles. The van der Waals surface area contributed by atoms with E-state index in [9.17, 15) is 0 Å². The number of hydrogen-bond donors (Lipinski definition) is 2. The van der Waals surface area contributed by atoms with Gasteiger partial charge in [-0.15, -0.1) is 0 Å². The van der Waals surface area contributed by atoms with Gasteiger partial charge in [-0.25, -0.2) is 0 Å². The zero-order chi connectivity index (χ0) is 14.6. The summed E-state index contributed by atoms with van der Waals surface area (Å²) in [5.74, 6) is 0.937. The molecule has 3 nitrogen and oxygen atoms in total. The first kappa shape index (κ1) is 17.0. The van der Waals surface area contributed by atoms with Gasteiger partial charge >= 0.3 is 0 Å². The quantitative estimate of drug-likeness (QED) is 0.611. The van der Waals surface area contributed by atoms with E-state index in [0.717, 1.165) is 44.6 Å². The van der Waals surface area contributed by atoms with Crippen LogP contribution in [-0.4, -0.2) is 30.9 Å². The Labute approximate surface area is 123 Å². The van der Waals surface area contributed by atoms with Crippen LogP contribution in [0.25, 0.3) is 0 Å². The van der Waals surface area contributed by atoms with Gasteiger partial charge in [0.1, 0.15) is 5.75 Å². The lowest BCUT2D eigenvalue weighted by molar-refractivity contribution is 0.266. The zero-order valence-electron chi connectivity index (χ0n) is 12.9. The molecule has 0 aliphatic rings. The van der Waals surface area contributed by atoms with Crippen molar-refractivity contribution in [1.82, 2.24) is 5.32 Å². The Hall–Kier alpha value is -1.06. The Kier molecular flexibility index (Phi) is 9.09. The summed E-state index contributed by atoms with van der Waals surface area (Å²) in [7, 11) is 0. The van der Waals surface area contributed by atoms with Gasteiger partial charge in [0, 0.05) is 12.6 Å². The average molecular weight is 279 g/mol. The van der Waals surface area contributed by atoms with Crippen LogP contribution in [0.2, 0.25) is 0 Å². The summed E-state index contributed by atoms with van der Waals surface area (Å²) in [5.41, 5.74) is 1.34. The molecule has 1 aromatic rings. The van der Waals surface area contributed by atoms with Crippen LogP contribution < -0.4 is 10.1 Å². The van der Waals surface area contributed by atoms with Crippen molar-refractivity contribution in [3.63, 3.8) is 0 Å². The fourth-order valence-electron chi connectivity index (χ4n) is 2.12. The monoisotopic (exact) mass is 279 g/mol. The molecule has 0 fully saturated rings. The topological polar surface area (TPSA) is 41.5 Å². The molecule has 0 amide bonds. The Bertz CT molecular complexity index is 337. The molecule has 0 aliphatic heterocycles. The second-order valence-electron chi connectivity index (χ2n) is 5.34. The van der Waals surface area contributed by atoms with Gasteiger partial charge in [0.2, 0.25) is 0 Å². The number of hydrogen-bond acceptors (Lipinski definition) is 3. The normalized spacial score (nSPS) is 12.3. The summed E-state index contributed by atoms with van der Waals surface area (Å²) in [4.78, 5) is 0. The van der Waals surface area contributed by atoms with Crippen molar-refractivity contribution in [2.75, 3.05) is 19.8 Å². The third kappa shape index (κ3) is 7.51. The molecule has 0 aromatic heterocycles. The van der Waals surface area contributed by atoms with Gasteiger partial charge in [0.05, 0.1) is 6.61 Å². The van der Waals surface area contributed by atoms with Crippen molar-refractivity contribution in [3.8, 4) is 5.75 Å². The lowest BCUT2D eigenvalue weighted by atomic mass is 10.1. The molecule has 1 atom stereocenters. The fourth-order valence-corrected chi connectivity index (χ4v) is 2.12. The number of ether oxygens (including phenoxy) is 1. The van der Waals surface area contributed by atoms with Gasteiger partial charge in [0.15, 0.2) is 0 Å². The molecule has 1 unspecified atom stereocenters. The van der Waals surface area contributed by atoms with Gasteiger partial charge in [-0.3, -0.25) is 0 Å². The lowest BCUT2D eigenvalue weighted by Gasteiger charge is -2.13. The third-order valence-electron chi connectivity index (χ3n) is 3.28. The maximum Gasteiger partial charge on any atom is 0.119 e. The number of benzene rings is 1. The molecule has 0 aliphatic carbocycles. The van der Waals surface area contributed by atoms with E-state index in [2.05, 4.69) is 31.3 Å². The van der Waals surface area contributed by atoms with Crippen LogP contribution in [0.5, 0.6) is 5.75 Å². The lowest BCUT2D eigenvalue weighted by Crippen LogP contribution is -2.28. The Balaban J connectivity index is 2.25. The van der Waals surface area contributed by atoms with Gasteiger partial charge in [-0.2, -0.15) is 0 Å². The minimum atomic E-state index is 0.277. The molecular weight excluding hydrogens is 250 g/mol. The summed E-state index contributed by atoms with van der Waals surface area (Å²) in [6, 6.07) is 8.91. The minimum Gasteiger partial charge on any atom is -0.494 e. The summed E-state index contributed by atoms with van der Waals surface area (Å²) in [6.07, 6.45) is 5.12. The second kappa shape index (κ2) is 10.7. The molecule has 3 heteroatoms. The SMILES string of the molecule is CCCNC(C)Cc1ccc(OCCCCCO)cc1. The van der Waals surface area contributed by atoms with E-state index in [-0.39, 0.29) is 6.61 Å². The molecule has 0 saturated carbocycles. The summed E-state index contributed by atoms with van der Waals surface area (Å²) < 4.78 is 5.68. The van der Waals surface area contributed by atoms with Crippen LogP contribution >= 0.6 is 0 Å². The fraction of sp³-hybridized carbons (Fsp3) is 0.647. The van der Waals surface area contributed by atoms with E-state index in [0.29, 0.717) is 6.04 Å². The number of nitrogens with one attached hydrogen (secondary N) is 1. The molecule has 0 spiro atoms. The number of aliphatic hydroxyl groups is 1. The highest BCUT2D eigenvalue weighted by molar-refractivity contribution is 5.27. The van der Waals surface area contributed by atoms with Gasteiger partial charge < -0.3 is 15.2 Å². The van der Waals surface area contributed by atoms with Crippen LogP contribution in [0.15, 0.2) is 24.3 Å². The molecule has 1 aromatic carbocycles. The number of rotatable bonds is 11. The second-order valence-corrected chi connectivity index (χ2v) is 5.34. The zero-order valence-corrected chi connectivity index (χ0v) is 12.9. The first-order chi connectivity index (χ1) is 9.76. The van der Waals surface area contributed by atoms with Crippen molar-refractivity contribution in [2.45, 2.75) is 52.0 Å². The van der Waals surface area contributed by atoms with Crippen molar-refractivity contribution < 1.29 is 9.84 Å². The minimum absolute atomic E-state index is 0.277. The van der Waals surface area contributed by atoms with Crippen LogP contribution in [0.3, 0.4) is 0 Å². The predicted molar refractivity (Wildman–Crippen MR) is 84.3 cm³/mol. The molecule has 114 valence electrons. The molecule has 0 saturated heterocycles. The van der Waals surface area contributed by atoms with Crippen molar-refractivity contribution in [2.24, 2.45) is 0 Å². The molecule has 2 N–H and O–H groups in total. The van der Waals surface area contributed by atoms with Crippen molar-refractivity contribution in [3.05, 3.63) is 29.8 Å². The van der Waals surface area contributed by atoms with Crippen LogP contribution in [0, 0.1) is 0 Å². The summed E-state index contributed by atoms with van der Waals surface area (Å²) in [6.45, 7) is 6.50. The number of unbranched alkanes of at least 4 members (excludes halogenated alkanes) is 2. The van der Waals surface area contributed by atoms with Crippen LogP contribution in [0.1, 0.15) is 45.1 Å². The summed E-state index contributed by atoms with van der Waals surface area (Å²) >= 11 is 0. The van der Waals surface area contributed by atoms with Gasteiger partial charge in [-0.1, -0.05) is 19.1 Å². The van der Waals surface area contributed by atoms with E-state index in [1.165, 1.54) is 12.0 Å². The standard InChI is InChI=1S/C17H29NO2/c1-3-11-18-15(2)14-16-7-9-17(10-8-16)20-13-6-4-5-12-19/h7-10,15,18-19H,3-6,11-14H2,1-2H3. The first-order valence-electron chi connectivity index (χ1n) is 7.82. The maximum atomic E-state index is 8.69. The van der Waals surface area contributed by atoms with Crippen molar-refractivity contribution >= 4 is 0 Å². The third-order valence-corrected chi connectivity index (χ3v) is 3.28. The average Bonchev–Trinajstić information content (AvgIpc) is 2.46. The Morgan fingerprint density at radius 2 is 1.90 bits per heavy atom. The van der Waals surface area contributed by atoms with E-state index < -0.39 is 0 Å². The highest BCUT2D eigenvalue weighted by Crippen LogP contribution is 2.14. The van der Waals surface area contributed by atoms with E-state index in [1.807, 2.05) is 12.1 Å². The number of aliphatic hydroxyl groups excluding tert-OH is 1. The van der Waals surface area contributed by atoms with Gasteiger partial charge in [0.25, 0.3) is 0 Å². The molecule has 0 bridgehead atoms. The largest absolute Gasteiger partial charge is 0.494 e. The molecule has 20 heavy (non-hydrogen) atoms. The summed E-state index contributed by atoms with van der Waals surface area (Å²) in [5, 5.41) is 12.2. The van der Waals surface area contributed by atoms with E-state index in [4.69, 9.17) is 9.84 Å². The van der Waals surface area contributed by atoms with Crippen LogP contribution in [0.4, 0.5) is 0 Å². The molecular formula is C17H29NO2. The highest BCUT2D eigenvalue weighted by Gasteiger charge is 2.02. The van der Waals surface area contributed by atoms with Crippen LogP contribution in [-0.2, 0) is 6.42 Å². The Morgan fingerprint density at radius 3 is 2.55 bits per heavy atom. The highest BCUT2D eigenvalue weighted by atomic mass is 16.5. The Morgan fingerprint density at radius 1 is 1.15 bits per heavy atom. The predicted octanol–water partition coefficient (Wildman–Crippen LogP) is 3.16. The van der Waals surface area contributed by atoms with Crippen molar-refractivity contribution in [1.29, 1.82) is 0 Å². The first-order valence-corrected chi connectivity index (χ1v) is 7.82. The van der Waals surface area contributed by atoms with E-state index in [1.54, 1.807) is 0 Å². The van der Waals surface area contributed by atoms with E-state index >= 15 is 0 Å². The maximum absolute atomic E-state index is 8.69. The molecule has 1 rings (SSSR count).